The summed E-state index contributed by atoms with van der Waals surface area (Å²) in [4.78, 5) is 15.1. The zero-order valence-corrected chi connectivity index (χ0v) is 14.9. The SMILES string of the molecule is CC(C)(C)OC(=O)N1CCCC(NCc2cc(C#N)cs2)CC1. The number of amides is 1. The van der Waals surface area contributed by atoms with E-state index in [2.05, 4.69) is 11.4 Å². The van der Waals surface area contributed by atoms with Crippen molar-refractivity contribution < 1.29 is 9.53 Å². The van der Waals surface area contributed by atoms with E-state index >= 15 is 0 Å². The summed E-state index contributed by atoms with van der Waals surface area (Å²) in [6.45, 7) is 7.94. The number of carbonyl (C=O) groups excluding carboxylic acids is 1. The van der Waals surface area contributed by atoms with Gasteiger partial charge in [-0.2, -0.15) is 5.26 Å². The van der Waals surface area contributed by atoms with Crippen LogP contribution in [0.1, 0.15) is 50.5 Å². The standard InChI is InChI=1S/C17H25N3O2S/c1-17(2,3)22-16(21)20-7-4-5-14(6-8-20)19-11-15-9-13(10-18)12-23-15/h9,12,14,19H,4-8,11H2,1-3H3. The Kier molecular flexibility index (Phi) is 6.03. The Labute approximate surface area is 142 Å². The maximum atomic E-state index is 12.1. The topological polar surface area (TPSA) is 65.4 Å². The van der Waals surface area contributed by atoms with Gasteiger partial charge in [-0.05, 0) is 46.1 Å². The highest BCUT2D eigenvalue weighted by molar-refractivity contribution is 7.10. The first-order valence-electron chi connectivity index (χ1n) is 8.06. The summed E-state index contributed by atoms with van der Waals surface area (Å²) in [5.41, 5.74) is 0.280. The maximum Gasteiger partial charge on any atom is 0.410 e. The molecule has 126 valence electrons. The Morgan fingerprint density at radius 1 is 1.48 bits per heavy atom. The summed E-state index contributed by atoms with van der Waals surface area (Å²) >= 11 is 1.61. The van der Waals surface area contributed by atoms with Crippen LogP contribution >= 0.6 is 11.3 Å². The van der Waals surface area contributed by atoms with Gasteiger partial charge in [-0.25, -0.2) is 4.79 Å². The fourth-order valence-corrected chi connectivity index (χ4v) is 3.35. The van der Waals surface area contributed by atoms with Crippen molar-refractivity contribution in [3.63, 3.8) is 0 Å². The summed E-state index contributed by atoms with van der Waals surface area (Å²) in [6.07, 6.45) is 2.74. The van der Waals surface area contributed by atoms with Gasteiger partial charge in [0.05, 0.1) is 5.56 Å². The van der Waals surface area contributed by atoms with Crippen LogP contribution in [0.3, 0.4) is 0 Å². The number of nitrogens with one attached hydrogen (secondary N) is 1. The molecule has 0 aromatic carbocycles. The van der Waals surface area contributed by atoms with Crippen molar-refractivity contribution in [3.8, 4) is 6.07 Å². The average molecular weight is 335 g/mol. The summed E-state index contributed by atoms with van der Waals surface area (Å²) in [5.74, 6) is 0. The van der Waals surface area contributed by atoms with E-state index in [0.29, 0.717) is 6.04 Å². The second-order valence-corrected chi connectivity index (χ2v) is 7.89. The number of likely N-dealkylation sites (tertiary alicyclic amines) is 1. The molecule has 0 bridgehead atoms. The molecule has 0 spiro atoms. The Bertz CT molecular complexity index is 571. The summed E-state index contributed by atoms with van der Waals surface area (Å²) in [5, 5.41) is 14.3. The molecule has 6 heteroatoms. The average Bonchev–Trinajstić information content (AvgIpc) is 2.80. The third-order valence-electron chi connectivity index (χ3n) is 3.73. The summed E-state index contributed by atoms with van der Waals surface area (Å²) in [7, 11) is 0. The van der Waals surface area contributed by atoms with E-state index in [9.17, 15) is 4.79 Å². The van der Waals surface area contributed by atoms with Gasteiger partial charge in [-0.3, -0.25) is 0 Å². The van der Waals surface area contributed by atoms with E-state index in [1.54, 1.807) is 11.3 Å². The van der Waals surface area contributed by atoms with Crippen molar-refractivity contribution in [1.29, 1.82) is 5.26 Å². The van der Waals surface area contributed by atoms with Crippen LogP contribution in [0, 0.1) is 11.3 Å². The van der Waals surface area contributed by atoms with Crippen molar-refractivity contribution in [2.75, 3.05) is 13.1 Å². The molecule has 0 aliphatic carbocycles. The minimum absolute atomic E-state index is 0.213. The first kappa shape index (κ1) is 17.8. The van der Waals surface area contributed by atoms with E-state index in [-0.39, 0.29) is 6.09 Å². The van der Waals surface area contributed by atoms with Crippen LogP contribution < -0.4 is 5.32 Å². The molecule has 1 atom stereocenters. The Morgan fingerprint density at radius 2 is 2.26 bits per heavy atom. The van der Waals surface area contributed by atoms with Gasteiger partial charge in [0, 0.05) is 35.9 Å². The third kappa shape index (κ3) is 5.85. The Morgan fingerprint density at radius 3 is 2.91 bits per heavy atom. The van der Waals surface area contributed by atoms with Gasteiger partial charge in [0.25, 0.3) is 0 Å². The van der Waals surface area contributed by atoms with Crippen molar-refractivity contribution in [2.45, 2.75) is 58.2 Å². The van der Waals surface area contributed by atoms with Crippen molar-refractivity contribution >= 4 is 17.4 Å². The normalized spacial score (nSPS) is 19.0. The monoisotopic (exact) mass is 335 g/mol. The summed E-state index contributed by atoms with van der Waals surface area (Å²) < 4.78 is 5.45. The molecule has 1 aliphatic rings. The minimum atomic E-state index is -0.446. The van der Waals surface area contributed by atoms with Crippen molar-refractivity contribution in [2.24, 2.45) is 0 Å². The van der Waals surface area contributed by atoms with Crippen LogP contribution in [-0.4, -0.2) is 35.7 Å². The lowest BCUT2D eigenvalue weighted by Crippen LogP contribution is -2.38. The van der Waals surface area contributed by atoms with Gasteiger partial charge < -0.3 is 15.0 Å². The second kappa shape index (κ2) is 7.80. The number of ether oxygens (including phenoxy) is 1. The molecule has 1 unspecified atom stereocenters. The molecule has 1 saturated heterocycles. The van der Waals surface area contributed by atoms with Gasteiger partial charge in [0.2, 0.25) is 0 Å². The molecule has 0 radical (unpaired) electrons. The van der Waals surface area contributed by atoms with Gasteiger partial charge in [0.15, 0.2) is 0 Å². The number of rotatable bonds is 3. The van der Waals surface area contributed by atoms with E-state index in [0.717, 1.165) is 44.5 Å². The van der Waals surface area contributed by atoms with Crippen LogP contribution in [0.2, 0.25) is 0 Å². The lowest BCUT2D eigenvalue weighted by molar-refractivity contribution is 0.0256. The molecular weight excluding hydrogens is 310 g/mol. The number of hydrogen-bond acceptors (Lipinski definition) is 5. The van der Waals surface area contributed by atoms with Crippen LogP contribution in [-0.2, 0) is 11.3 Å². The second-order valence-electron chi connectivity index (χ2n) is 6.89. The van der Waals surface area contributed by atoms with E-state index in [4.69, 9.17) is 10.00 Å². The summed E-state index contributed by atoms with van der Waals surface area (Å²) in [6, 6.07) is 4.49. The molecule has 1 N–H and O–H groups in total. The predicted molar refractivity (Wildman–Crippen MR) is 91.3 cm³/mol. The van der Waals surface area contributed by atoms with Crippen molar-refractivity contribution in [3.05, 3.63) is 21.9 Å². The molecule has 2 rings (SSSR count). The van der Waals surface area contributed by atoms with Gasteiger partial charge in [0.1, 0.15) is 11.7 Å². The molecule has 0 saturated carbocycles. The molecule has 1 aromatic rings. The number of nitriles is 1. The molecule has 1 aliphatic heterocycles. The quantitative estimate of drug-likeness (QED) is 0.918. The minimum Gasteiger partial charge on any atom is -0.444 e. The van der Waals surface area contributed by atoms with E-state index in [1.165, 1.54) is 4.88 Å². The number of hydrogen-bond donors (Lipinski definition) is 1. The van der Waals surface area contributed by atoms with Gasteiger partial charge >= 0.3 is 6.09 Å². The number of nitrogens with zero attached hydrogens (tertiary/aromatic N) is 2. The van der Waals surface area contributed by atoms with E-state index in [1.807, 2.05) is 37.1 Å². The van der Waals surface area contributed by atoms with E-state index < -0.39 is 5.60 Å². The predicted octanol–water partition coefficient (Wildman–Crippen LogP) is 3.50. The molecule has 1 amide bonds. The smallest absolute Gasteiger partial charge is 0.410 e. The molecule has 1 fully saturated rings. The first-order chi connectivity index (χ1) is 10.9. The lowest BCUT2D eigenvalue weighted by atomic mass is 10.1. The molecule has 23 heavy (non-hydrogen) atoms. The highest BCUT2D eigenvalue weighted by atomic mass is 32.1. The molecule has 5 nitrogen and oxygen atoms in total. The highest BCUT2D eigenvalue weighted by Gasteiger charge is 2.25. The van der Waals surface area contributed by atoms with Gasteiger partial charge in [-0.15, -0.1) is 11.3 Å². The third-order valence-corrected chi connectivity index (χ3v) is 4.66. The maximum absolute atomic E-state index is 12.1. The van der Waals surface area contributed by atoms with Crippen LogP contribution in [0.25, 0.3) is 0 Å². The zero-order valence-electron chi connectivity index (χ0n) is 14.1. The zero-order chi connectivity index (χ0) is 16.9. The lowest BCUT2D eigenvalue weighted by Gasteiger charge is -2.26. The van der Waals surface area contributed by atoms with Crippen LogP contribution in [0.5, 0.6) is 0 Å². The fourth-order valence-electron chi connectivity index (χ4n) is 2.59. The molecule has 2 heterocycles. The largest absolute Gasteiger partial charge is 0.444 e. The number of thiophene rings is 1. The fraction of sp³-hybridized carbons (Fsp3) is 0.647. The Hall–Kier alpha value is -1.58. The number of carbonyl (C=O) groups is 1. The van der Waals surface area contributed by atoms with Crippen LogP contribution in [0.4, 0.5) is 4.79 Å². The van der Waals surface area contributed by atoms with Crippen molar-refractivity contribution in [1.82, 2.24) is 10.2 Å². The van der Waals surface area contributed by atoms with Gasteiger partial charge in [-0.1, -0.05) is 0 Å². The highest BCUT2D eigenvalue weighted by Crippen LogP contribution is 2.17. The van der Waals surface area contributed by atoms with Crippen LogP contribution in [0.15, 0.2) is 11.4 Å². The first-order valence-corrected chi connectivity index (χ1v) is 8.94. The molecule has 1 aromatic heterocycles. The Balaban J connectivity index is 1.79. The molecular formula is C17H25N3O2S.